The largest absolute Gasteiger partial charge is 0.379 e. The summed E-state index contributed by atoms with van der Waals surface area (Å²) in [7, 11) is 0. The Morgan fingerprint density at radius 3 is 2.02 bits per heavy atom. The number of nitrogens with one attached hydrogen (secondary N) is 6. The van der Waals surface area contributed by atoms with E-state index in [-0.39, 0.29) is 97.3 Å². The van der Waals surface area contributed by atoms with E-state index in [1.54, 1.807) is 24.3 Å². The Morgan fingerprint density at radius 1 is 0.712 bits per heavy atom. The lowest BCUT2D eigenvalue weighted by atomic mass is 10.1. The summed E-state index contributed by atoms with van der Waals surface area (Å²) in [6.45, 7) is 0.151. The first kappa shape index (κ1) is 42.9. The van der Waals surface area contributed by atoms with E-state index in [4.69, 9.17) is 15.2 Å². The number of nitrogens with zero attached hydrogens (tertiary/aromatic N) is 1. The molecule has 1 heterocycles. The first-order valence-electron chi connectivity index (χ1n) is 16.7. The van der Waals surface area contributed by atoms with Crippen molar-refractivity contribution in [2.45, 2.75) is 44.4 Å². The van der Waals surface area contributed by atoms with Crippen LogP contribution >= 0.6 is 0 Å². The maximum Gasteiger partial charge on any atom is 0.253 e. The van der Waals surface area contributed by atoms with Crippen molar-refractivity contribution in [2.24, 2.45) is 5.73 Å². The molecular formula is C33H48N8O11. The summed E-state index contributed by atoms with van der Waals surface area (Å²) < 4.78 is 10.7. The van der Waals surface area contributed by atoms with Crippen molar-refractivity contribution < 1.29 is 52.9 Å². The molecule has 1 aliphatic heterocycles. The molecule has 2 atom stereocenters. The highest BCUT2D eigenvalue weighted by molar-refractivity contribution is 6.13. The van der Waals surface area contributed by atoms with Gasteiger partial charge in [-0.25, -0.2) is 0 Å². The Balaban J connectivity index is 1.56. The van der Waals surface area contributed by atoms with Crippen molar-refractivity contribution >= 4 is 47.3 Å². The average Bonchev–Trinajstić information content (AvgIpc) is 3.44. The number of amides is 8. The minimum atomic E-state index is -1.34. The zero-order valence-electron chi connectivity index (χ0n) is 28.9. The first-order chi connectivity index (χ1) is 24.9. The normalized spacial score (nSPS) is 13.3. The van der Waals surface area contributed by atoms with E-state index in [0.717, 1.165) is 22.6 Å². The average molecular weight is 733 g/mol. The number of benzene rings is 1. The smallest absolute Gasteiger partial charge is 0.253 e. The molecule has 19 nitrogen and oxygen atoms in total. The number of imide groups is 1. The van der Waals surface area contributed by atoms with E-state index in [1.165, 1.54) is 0 Å². The lowest BCUT2D eigenvalue weighted by molar-refractivity contribution is -0.137. The minimum absolute atomic E-state index is 0.00324. The predicted octanol–water partition coefficient (Wildman–Crippen LogP) is -3.91. The van der Waals surface area contributed by atoms with Gasteiger partial charge in [0.15, 0.2) is 0 Å². The molecule has 0 spiro atoms. The molecule has 0 aromatic heterocycles. The Labute approximate surface area is 300 Å². The third kappa shape index (κ3) is 19.2. The zero-order chi connectivity index (χ0) is 38.1. The molecule has 0 aliphatic carbocycles. The lowest BCUT2D eigenvalue weighted by Crippen LogP contribution is -2.54. The molecule has 1 aromatic carbocycles. The number of hydrogen-bond acceptors (Lipinski definition) is 12. The van der Waals surface area contributed by atoms with Gasteiger partial charge in [0.25, 0.3) is 11.8 Å². The topological polar surface area (TPSA) is 277 Å². The summed E-state index contributed by atoms with van der Waals surface area (Å²) in [6, 6.07) is 8.02. The lowest BCUT2D eigenvalue weighted by Gasteiger charge is -2.22. The van der Waals surface area contributed by atoms with Gasteiger partial charge in [-0.15, -0.1) is 0 Å². The quantitative estimate of drug-likeness (QED) is 0.0245. The van der Waals surface area contributed by atoms with E-state index in [9.17, 15) is 43.5 Å². The van der Waals surface area contributed by atoms with Crippen LogP contribution in [0.5, 0.6) is 0 Å². The second-order valence-corrected chi connectivity index (χ2v) is 11.4. The first-order valence-corrected chi connectivity index (χ1v) is 16.7. The predicted molar refractivity (Wildman–Crippen MR) is 183 cm³/mol. The van der Waals surface area contributed by atoms with Crippen LogP contribution in [0.3, 0.4) is 0 Å². The van der Waals surface area contributed by atoms with Crippen LogP contribution < -0.4 is 37.6 Å². The van der Waals surface area contributed by atoms with Crippen LogP contribution in [0.15, 0.2) is 42.5 Å². The third-order valence-electron chi connectivity index (χ3n) is 7.15. The van der Waals surface area contributed by atoms with Crippen molar-refractivity contribution in [3.05, 3.63) is 48.0 Å². The van der Waals surface area contributed by atoms with E-state index < -0.39 is 53.6 Å². The highest BCUT2D eigenvalue weighted by atomic mass is 16.5. The number of nitrogens with two attached hydrogens (primary N) is 1. The van der Waals surface area contributed by atoms with E-state index in [1.807, 2.05) is 6.07 Å². The molecule has 2 unspecified atom stereocenters. The van der Waals surface area contributed by atoms with Gasteiger partial charge in [0, 0.05) is 51.0 Å². The minimum Gasteiger partial charge on any atom is -0.379 e. The number of carbonyl (C=O) groups excluding carboxylic acids is 8. The monoisotopic (exact) mass is 732 g/mol. The maximum absolute atomic E-state index is 12.9. The Kier molecular flexibility index (Phi) is 20.5. The highest BCUT2D eigenvalue weighted by Gasteiger charge is 2.24. The Morgan fingerprint density at radius 2 is 1.33 bits per heavy atom. The molecule has 8 amide bonds. The third-order valence-corrected chi connectivity index (χ3v) is 7.15. The molecule has 0 saturated carbocycles. The number of hydrogen-bond donors (Lipinski definition) is 8. The summed E-state index contributed by atoms with van der Waals surface area (Å²) in [5.41, 5.74) is 5.85. The number of aliphatic hydroxyl groups excluding tert-OH is 1. The molecule has 0 saturated heterocycles. The van der Waals surface area contributed by atoms with Gasteiger partial charge in [-0.3, -0.25) is 48.6 Å². The molecular weight excluding hydrogens is 684 g/mol. The Hall–Kier alpha value is -5.24. The summed E-state index contributed by atoms with van der Waals surface area (Å²) in [5.74, 6) is -3.76. The molecule has 2 rings (SSSR count). The second kappa shape index (κ2) is 24.8. The van der Waals surface area contributed by atoms with E-state index in [0.29, 0.717) is 6.42 Å². The van der Waals surface area contributed by atoms with Crippen molar-refractivity contribution in [3.63, 3.8) is 0 Å². The molecule has 1 aromatic rings. The van der Waals surface area contributed by atoms with Gasteiger partial charge in [0.1, 0.15) is 6.23 Å². The standard InChI is InChI=1S/C33H48N8O11/c34-25(42)7-4-12-35-28(45)21-39-33(50)24(19-23-5-2-1-3-6-23)40-30(47)22-38-29(46)20-37-27(44)11-15-51-17-18-52-16-13-36-26(43)10-14-41-31(48)8-9-32(41)49/h1-3,5-6,8-9,24,30,40,47H,4,7,10-22H2,(H2,34,42)(H,35,45)(H,36,43)(H,37,44)(H,38,46)(H,39,50). The van der Waals surface area contributed by atoms with Gasteiger partial charge in [0.2, 0.25) is 35.4 Å². The molecule has 9 N–H and O–H groups in total. The molecule has 52 heavy (non-hydrogen) atoms. The van der Waals surface area contributed by atoms with Gasteiger partial charge >= 0.3 is 0 Å². The van der Waals surface area contributed by atoms with Crippen molar-refractivity contribution in [1.29, 1.82) is 0 Å². The van der Waals surface area contributed by atoms with Gasteiger partial charge in [-0.1, -0.05) is 30.3 Å². The number of rotatable bonds is 27. The van der Waals surface area contributed by atoms with Crippen LogP contribution in [0.1, 0.15) is 31.2 Å². The van der Waals surface area contributed by atoms with Crippen LogP contribution in [-0.4, -0.2) is 135 Å². The summed E-state index contributed by atoms with van der Waals surface area (Å²) in [5, 5.41) is 25.8. The molecule has 1 aliphatic rings. The fourth-order valence-corrected chi connectivity index (χ4v) is 4.45. The number of aliphatic hydroxyl groups is 1. The van der Waals surface area contributed by atoms with Crippen LogP contribution in [0.25, 0.3) is 0 Å². The molecule has 286 valence electrons. The van der Waals surface area contributed by atoms with Gasteiger partial charge in [-0.05, 0) is 18.4 Å². The molecule has 0 fully saturated rings. The fraction of sp³-hybridized carbons (Fsp3) is 0.515. The van der Waals surface area contributed by atoms with Crippen molar-refractivity contribution in [3.8, 4) is 0 Å². The van der Waals surface area contributed by atoms with E-state index >= 15 is 0 Å². The van der Waals surface area contributed by atoms with Crippen LogP contribution in [-0.2, 0) is 54.3 Å². The Bertz CT molecular complexity index is 1370. The van der Waals surface area contributed by atoms with Crippen LogP contribution in [0, 0.1) is 0 Å². The molecule has 0 bridgehead atoms. The van der Waals surface area contributed by atoms with Crippen LogP contribution in [0.2, 0.25) is 0 Å². The number of ether oxygens (including phenoxy) is 2. The number of carbonyl (C=O) groups is 8. The second-order valence-electron chi connectivity index (χ2n) is 11.4. The van der Waals surface area contributed by atoms with Crippen LogP contribution in [0.4, 0.5) is 0 Å². The maximum atomic E-state index is 12.9. The van der Waals surface area contributed by atoms with Crippen molar-refractivity contribution in [2.75, 3.05) is 65.7 Å². The van der Waals surface area contributed by atoms with Gasteiger partial charge in [-0.2, -0.15) is 0 Å². The summed E-state index contributed by atoms with van der Waals surface area (Å²) >= 11 is 0. The SMILES string of the molecule is NC(=O)CCCNC(=O)CNC(=O)C(Cc1ccccc1)NC(O)CNC(=O)CNC(=O)CCOCCOCCNC(=O)CCN1C(=O)C=CC1=O. The molecule has 0 radical (unpaired) electrons. The van der Waals surface area contributed by atoms with Gasteiger partial charge in [0.05, 0.1) is 52.1 Å². The summed E-state index contributed by atoms with van der Waals surface area (Å²) in [4.78, 5) is 95.8. The number of primary amides is 1. The fourth-order valence-electron chi connectivity index (χ4n) is 4.45. The zero-order valence-corrected chi connectivity index (χ0v) is 28.9. The summed E-state index contributed by atoms with van der Waals surface area (Å²) in [6.07, 6.45) is 1.58. The molecule has 19 heteroatoms. The van der Waals surface area contributed by atoms with E-state index in [2.05, 4.69) is 31.9 Å². The van der Waals surface area contributed by atoms with Crippen molar-refractivity contribution in [1.82, 2.24) is 36.8 Å². The van der Waals surface area contributed by atoms with Gasteiger partial charge < -0.3 is 46.9 Å². The highest BCUT2D eigenvalue weighted by Crippen LogP contribution is 2.05.